The lowest BCUT2D eigenvalue weighted by molar-refractivity contribution is -0.161. The third-order valence-corrected chi connectivity index (χ3v) is 6.38. The van der Waals surface area contributed by atoms with Crippen LogP contribution in [0.4, 0.5) is 0 Å². The molecule has 0 saturated carbocycles. The Kier molecular flexibility index (Phi) is 26.7. The van der Waals surface area contributed by atoms with Gasteiger partial charge in [-0.2, -0.15) is 0 Å². The van der Waals surface area contributed by atoms with E-state index in [1.807, 2.05) is 0 Å². The first-order valence-electron chi connectivity index (χ1n) is 14.6. The number of aliphatic hydroxyl groups is 1. The molecule has 7 heteroatoms. The Labute approximate surface area is 220 Å². The van der Waals surface area contributed by atoms with Gasteiger partial charge in [0.2, 0.25) is 0 Å². The van der Waals surface area contributed by atoms with Crippen molar-refractivity contribution in [3.05, 3.63) is 0 Å². The summed E-state index contributed by atoms with van der Waals surface area (Å²) in [6.07, 6.45) is 21.9. The number of unbranched alkanes of at least 4 members (excludes halogenated alkanes) is 17. The Balaban J connectivity index is 3.54. The Morgan fingerprint density at radius 2 is 1.11 bits per heavy atom. The predicted octanol–water partition coefficient (Wildman–Crippen LogP) is 6.82. The molecule has 0 rings (SSSR count). The zero-order valence-corrected chi connectivity index (χ0v) is 23.0. The standard InChI is InChI=1S/C29H54O7/c1-2-3-4-5-6-7-8-9-10-11-12-13-15-18-21-28(32)35-25-27(24-30)36-29(33)22-19-16-14-17-20-23-34-26-31/h26-27,30H,2-25H2,1H3. The molecule has 0 aliphatic heterocycles. The van der Waals surface area contributed by atoms with E-state index in [-0.39, 0.29) is 31.6 Å². The molecule has 7 nitrogen and oxygen atoms in total. The number of carbonyl (C=O) groups excluding carboxylic acids is 3. The normalized spacial score (nSPS) is 11.7. The van der Waals surface area contributed by atoms with Gasteiger partial charge in [0.15, 0.2) is 6.10 Å². The Bertz CT molecular complexity index is 510. The maximum Gasteiger partial charge on any atom is 0.306 e. The highest BCUT2D eigenvalue weighted by Gasteiger charge is 2.16. The minimum Gasteiger partial charge on any atom is -0.468 e. The fourth-order valence-corrected chi connectivity index (χ4v) is 4.12. The molecule has 0 fully saturated rings. The highest BCUT2D eigenvalue weighted by molar-refractivity contribution is 5.70. The van der Waals surface area contributed by atoms with Gasteiger partial charge in [-0.1, -0.05) is 110 Å². The molecule has 212 valence electrons. The number of carbonyl (C=O) groups is 3. The van der Waals surface area contributed by atoms with Gasteiger partial charge in [-0.3, -0.25) is 14.4 Å². The predicted molar refractivity (Wildman–Crippen MR) is 143 cm³/mol. The summed E-state index contributed by atoms with van der Waals surface area (Å²) in [5.41, 5.74) is 0. The fourth-order valence-electron chi connectivity index (χ4n) is 4.12. The van der Waals surface area contributed by atoms with Crippen molar-refractivity contribution in [3.8, 4) is 0 Å². The van der Waals surface area contributed by atoms with Gasteiger partial charge in [0, 0.05) is 12.8 Å². The lowest BCUT2D eigenvalue weighted by Gasteiger charge is -2.15. The fraction of sp³-hybridized carbons (Fsp3) is 0.897. The van der Waals surface area contributed by atoms with Crippen LogP contribution in [0.15, 0.2) is 0 Å². The molecule has 0 aromatic heterocycles. The van der Waals surface area contributed by atoms with Gasteiger partial charge in [-0.25, -0.2) is 0 Å². The van der Waals surface area contributed by atoms with E-state index in [0.29, 0.717) is 25.9 Å². The van der Waals surface area contributed by atoms with E-state index in [2.05, 4.69) is 11.7 Å². The first-order chi connectivity index (χ1) is 17.6. The van der Waals surface area contributed by atoms with Crippen LogP contribution in [0.25, 0.3) is 0 Å². The topological polar surface area (TPSA) is 99.1 Å². The van der Waals surface area contributed by atoms with Crippen LogP contribution >= 0.6 is 0 Å². The Morgan fingerprint density at radius 1 is 0.667 bits per heavy atom. The first-order valence-corrected chi connectivity index (χ1v) is 14.6. The van der Waals surface area contributed by atoms with Gasteiger partial charge in [0.25, 0.3) is 6.47 Å². The zero-order valence-electron chi connectivity index (χ0n) is 23.0. The summed E-state index contributed by atoms with van der Waals surface area (Å²) in [5.74, 6) is -0.691. The number of rotatable bonds is 28. The van der Waals surface area contributed by atoms with Crippen molar-refractivity contribution in [2.75, 3.05) is 19.8 Å². The summed E-state index contributed by atoms with van der Waals surface area (Å²) >= 11 is 0. The van der Waals surface area contributed by atoms with Gasteiger partial charge in [-0.15, -0.1) is 0 Å². The quantitative estimate of drug-likeness (QED) is 0.0529. The number of aliphatic hydroxyl groups excluding tert-OH is 1. The van der Waals surface area contributed by atoms with Crippen molar-refractivity contribution in [1.29, 1.82) is 0 Å². The summed E-state index contributed by atoms with van der Waals surface area (Å²) in [5, 5.41) is 9.40. The Hall–Kier alpha value is -1.63. The summed E-state index contributed by atoms with van der Waals surface area (Å²) < 4.78 is 15.0. The molecule has 36 heavy (non-hydrogen) atoms. The molecule has 0 aliphatic rings. The molecule has 1 atom stereocenters. The molecule has 1 N–H and O–H groups in total. The molecule has 0 amide bonds. The molecule has 0 aromatic rings. The maximum absolute atomic E-state index is 11.9. The highest BCUT2D eigenvalue weighted by atomic mass is 16.6. The van der Waals surface area contributed by atoms with Gasteiger partial charge in [0.1, 0.15) is 6.61 Å². The van der Waals surface area contributed by atoms with Crippen LogP contribution < -0.4 is 0 Å². The first kappa shape index (κ1) is 34.4. The molecule has 0 aromatic carbocycles. The third kappa shape index (κ3) is 25.5. The molecule has 0 spiro atoms. The van der Waals surface area contributed by atoms with Crippen molar-refractivity contribution in [2.45, 2.75) is 148 Å². The monoisotopic (exact) mass is 514 g/mol. The second kappa shape index (κ2) is 27.9. The summed E-state index contributed by atoms with van der Waals surface area (Å²) in [6.45, 7) is 2.67. The van der Waals surface area contributed by atoms with Gasteiger partial charge < -0.3 is 19.3 Å². The van der Waals surface area contributed by atoms with E-state index in [4.69, 9.17) is 9.47 Å². The molecule has 0 bridgehead atoms. The van der Waals surface area contributed by atoms with Crippen molar-refractivity contribution in [3.63, 3.8) is 0 Å². The zero-order chi connectivity index (χ0) is 26.5. The van der Waals surface area contributed by atoms with Gasteiger partial charge in [0.05, 0.1) is 13.2 Å². The van der Waals surface area contributed by atoms with Gasteiger partial charge >= 0.3 is 11.9 Å². The average molecular weight is 515 g/mol. The molecule has 1 unspecified atom stereocenters. The average Bonchev–Trinajstić information content (AvgIpc) is 2.88. The van der Waals surface area contributed by atoms with Crippen LogP contribution in [-0.4, -0.2) is 49.4 Å². The minimum absolute atomic E-state index is 0.101. The molecule has 0 aliphatic carbocycles. The lowest BCUT2D eigenvalue weighted by atomic mass is 10.0. The summed E-state index contributed by atoms with van der Waals surface area (Å²) in [6, 6.07) is 0. The van der Waals surface area contributed by atoms with E-state index in [1.54, 1.807) is 0 Å². The van der Waals surface area contributed by atoms with Crippen LogP contribution in [0.3, 0.4) is 0 Å². The van der Waals surface area contributed by atoms with Crippen molar-refractivity contribution >= 4 is 18.4 Å². The number of ether oxygens (including phenoxy) is 3. The molecule has 0 radical (unpaired) electrons. The molecule has 0 saturated heterocycles. The molecular weight excluding hydrogens is 460 g/mol. The number of esters is 2. The lowest BCUT2D eigenvalue weighted by Crippen LogP contribution is -2.28. The molecular formula is C29H54O7. The van der Waals surface area contributed by atoms with E-state index in [9.17, 15) is 19.5 Å². The van der Waals surface area contributed by atoms with Crippen LogP contribution in [0.5, 0.6) is 0 Å². The van der Waals surface area contributed by atoms with E-state index >= 15 is 0 Å². The van der Waals surface area contributed by atoms with Crippen LogP contribution in [-0.2, 0) is 28.6 Å². The number of hydrogen-bond donors (Lipinski definition) is 1. The largest absolute Gasteiger partial charge is 0.468 e. The SMILES string of the molecule is CCCCCCCCCCCCCCCCC(=O)OCC(CO)OC(=O)CCCCCCCOC=O. The van der Waals surface area contributed by atoms with Gasteiger partial charge in [-0.05, 0) is 19.3 Å². The second-order valence-corrected chi connectivity index (χ2v) is 9.81. The van der Waals surface area contributed by atoms with Crippen molar-refractivity contribution < 1.29 is 33.7 Å². The van der Waals surface area contributed by atoms with Crippen molar-refractivity contribution in [2.24, 2.45) is 0 Å². The smallest absolute Gasteiger partial charge is 0.306 e. The Morgan fingerprint density at radius 3 is 1.58 bits per heavy atom. The number of hydrogen-bond acceptors (Lipinski definition) is 7. The summed E-state index contributed by atoms with van der Waals surface area (Å²) in [4.78, 5) is 33.9. The van der Waals surface area contributed by atoms with Crippen LogP contribution in [0.1, 0.15) is 142 Å². The highest BCUT2D eigenvalue weighted by Crippen LogP contribution is 2.14. The van der Waals surface area contributed by atoms with E-state index in [1.165, 1.54) is 70.6 Å². The van der Waals surface area contributed by atoms with E-state index < -0.39 is 6.10 Å². The van der Waals surface area contributed by atoms with Crippen LogP contribution in [0, 0.1) is 0 Å². The van der Waals surface area contributed by atoms with E-state index in [0.717, 1.165) is 44.9 Å². The summed E-state index contributed by atoms with van der Waals surface area (Å²) in [7, 11) is 0. The van der Waals surface area contributed by atoms with Crippen LogP contribution in [0.2, 0.25) is 0 Å². The second-order valence-electron chi connectivity index (χ2n) is 9.81. The van der Waals surface area contributed by atoms with Crippen molar-refractivity contribution in [1.82, 2.24) is 0 Å². The minimum atomic E-state index is -0.807. The third-order valence-electron chi connectivity index (χ3n) is 6.38. The maximum atomic E-state index is 11.9. The molecule has 0 heterocycles.